The number of rotatable bonds is 6. The first-order chi connectivity index (χ1) is 11.1. The molecule has 0 bridgehead atoms. The summed E-state index contributed by atoms with van der Waals surface area (Å²) in [6.07, 6.45) is 2.78. The first-order valence-corrected chi connectivity index (χ1v) is 8.62. The second kappa shape index (κ2) is 7.25. The summed E-state index contributed by atoms with van der Waals surface area (Å²) < 4.78 is 7.59. The molecule has 1 aliphatic heterocycles. The van der Waals surface area contributed by atoms with E-state index in [9.17, 15) is 4.79 Å². The number of amides is 1. The highest BCUT2D eigenvalue weighted by Gasteiger charge is 2.25. The van der Waals surface area contributed by atoms with Gasteiger partial charge in [0.05, 0.1) is 12.3 Å². The maximum atomic E-state index is 11.8. The molecule has 1 N–H and O–H groups in total. The molecule has 0 aromatic carbocycles. The summed E-state index contributed by atoms with van der Waals surface area (Å²) in [6, 6.07) is 4.17. The third-order valence-corrected chi connectivity index (χ3v) is 4.75. The smallest absolute Gasteiger partial charge is 0.243 e. The molecule has 3 heterocycles. The van der Waals surface area contributed by atoms with E-state index in [4.69, 9.17) is 4.74 Å². The summed E-state index contributed by atoms with van der Waals surface area (Å²) >= 11 is 1.74. The minimum atomic E-state index is -0.0468. The van der Waals surface area contributed by atoms with Gasteiger partial charge < -0.3 is 15.0 Å². The summed E-state index contributed by atoms with van der Waals surface area (Å²) in [6.45, 7) is 2.54. The van der Waals surface area contributed by atoms with Crippen LogP contribution in [0.3, 0.4) is 0 Å². The Bertz CT molecular complexity index is 651. The molecule has 0 fully saturated rings. The van der Waals surface area contributed by atoms with E-state index >= 15 is 0 Å². The Kier molecular flexibility index (Phi) is 5.09. The third-order valence-electron chi connectivity index (χ3n) is 3.87. The topological polar surface area (TPSA) is 59.4 Å². The van der Waals surface area contributed by atoms with Crippen LogP contribution in [0.1, 0.15) is 22.2 Å². The van der Waals surface area contributed by atoms with E-state index < -0.39 is 0 Å². The first kappa shape index (κ1) is 16.2. The molecular formula is C16H22N4O2S. The number of fused-ring (bicyclic) bond motifs is 1. The summed E-state index contributed by atoms with van der Waals surface area (Å²) in [5, 5.41) is 10.1. The van der Waals surface area contributed by atoms with E-state index in [1.54, 1.807) is 35.0 Å². The van der Waals surface area contributed by atoms with Crippen molar-refractivity contribution in [2.45, 2.75) is 25.6 Å². The minimum Gasteiger partial charge on any atom is -0.370 e. The molecule has 0 aliphatic carbocycles. The monoisotopic (exact) mass is 334 g/mol. The molecular weight excluding hydrogens is 312 g/mol. The summed E-state index contributed by atoms with van der Waals surface area (Å²) in [7, 11) is 3.51. The Morgan fingerprint density at radius 1 is 1.57 bits per heavy atom. The Hall–Kier alpha value is -1.70. The average Bonchev–Trinajstić information content (AvgIpc) is 3.16. The lowest BCUT2D eigenvalue weighted by Gasteiger charge is -2.22. The van der Waals surface area contributed by atoms with Crippen molar-refractivity contribution in [1.82, 2.24) is 20.0 Å². The quantitative estimate of drug-likeness (QED) is 0.868. The Balaban J connectivity index is 1.62. The average molecular weight is 334 g/mol. The molecule has 124 valence electrons. The lowest BCUT2D eigenvalue weighted by Crippen LogP contribution is -2.28. The van der Waals surface area contributed by atoms with Crippen molar-refractivity contribution >= 4 is 17.2 Å². The fourth-order valence-electron chi connectivity index (χ4n) is 2.59. The highest BCUT2D eigenvalue weighted by atomic mass is 32.1. The third kappa shape index (κ3) is 3.99. The second-order valence-corrected chi connectivity index (χ2v) is 6.88. The number of carbonyl (C=O) groups is 1. The Morgan fingerprint density at radius 3 is 3.17 bits per heavy atom. The minimum absolute atomic E-state index is 0.0399. The number of carbonyl (C=O) groups excluding carboxylic acids is 1. The zero-order valence-corrected chi connectivity index (χ0v) is 14.3. The van der Waals surface area contributed by atoms with Gasteiger partial charge in [0.2, 0.25) is 5.91 Å². The highest BCUT2D eigenvalue weighted by molar-refractivity contribution is 7.09. The van der Waals surface area contributed by atoms with E-state index in [0.29, 0.717) is 6.61 Å². The van der Waals surface area contributed by atoms with Crippen molar-refractivity contribution < 1.29 is 9.53 Å². The summed E-state index contributed by atoms with van der Waals surface area (Å²) in [5.41, 5.74) is 2.15. The van der Waals surface area contributed by atoms with Gasteiger partial charge in [0, 0.05) is 38.3 Å². The SMILES string of the molecule is CN(C)C(=O)Cn1cc2c(n1)[C@@H](CNCc1cccs1)OCC2. The van der Waals surface area contributed by atoms with Crippen LogP contribution < -0.4 is 5.32 Å². The molecule has 1 amide bonds. The zero-order valence-electron chi connectivity index (χ0n) is 13.5. The van der Waals surface area contributed by atoms with Crippen LogP contribution in [0.5, 0.6) is 0 Å². The van der Waals surface area contributed by atoms with Gasteiger partial charge in [0.25, 0.3) is 0 Å². The lowest BCUT2D eigenvalue weighted by molar-refractivity contribution is -0.129. The number of ether oxygens (including phenoxy) is 1. The molecule has 7 heteroatoms. The molecule has 1 atom stereocenters. The fraction of sp³-hybridized carbons (Fsp3) is 0.500. The van der Waals surface area contributed by atoms with Crippen LogP contribution in [0.15, 0.2) is 23.7 Å². The van der Waals surface area contributed by atoms with Crippen LogP contribution >= 0.6 is 11.3 Å². The standard InChI is InChI=1S/C16H22N4O2S/c1-19(2)15(21)11-20-10-12-5-6-22-14(16(12)18-20)9-17-8-13-4-3-7-23-13/h3-4,7,10,14,17H,5-6,8-9,11H2,1-2H3/t14-/m1/s1. The largest absolute Gasteiger partial charge is 0.370 e. The van der Waals surface area contributed by atoms with Crippen molar-refractivity contribution in [2.24, 2.45) is 0 Å². The van der Waals surface area contributed by atoms with Gasteiger partial charge in [-0.15, -0.1) is 11.3 Å². The molecule has 23 heavy (non-hydrogen) atoms. The zero-order chi connectivity index (χ0) is 16.2. The van der Waals surface area contributed by atoms with Crippen LogP contribution in [0.4, 0.5) is 0 Å². The van der Waals surface area contributed by atoms with E-state index in [-0.39, 0.29) is 18.6 Å². The molecule has 2 aromatic heterocycles. The van der Waals surface area contributed by atoms with Gasteiger partial charge in [-0.05, 0) is 23.4 Å². The number of hydrogen-bond acceptors (Lipinski definition) is 5. The van der Waals surface area contributed by atoms with Crippen molar-refractivity contribution in [3.8, 4) is 0 Å². The van der Waals surface area contributed by atoms with Crippen molar-refractivity contribution in [3.05, 3.63) is 39.8 Å². The van der Waals surface area contributed by atoms with Gasteiger partial charge in [-0.1, -0.05) is 6.07 Å². The second-order valence-electron chi connectivity index (χ2n) is 5.85. The number of hydrogen-bond donors (Lipinski definition) is 1. The fourth-order valence-corrected chi connectivity index (χ4v) is 3.26. The molecule has 1 aliphatic rings. The van der Waals surface area contributed by atoms with Gasteiger partial charge in [-0.2, -0.15) is 5.10 Å². The van der Waals surface area contributed by atoms with Crippen LogP contribution in [0, 0.1) is 0 Å². The van der Waals surface area contributed by atoms with Gasteiger partial charge in [-0.3, -0.25) is 9.48 Å². The molecule has 3 rings (SSSR count). The molecule has 0 saturated heterocycles. The van der Waals surface area contributed by atoms with Gasteiger partial charge in [0.15, 0.2) is 0 Å². The predicted octanol–water partition coefficient (Wildman–Crippen LogP) is 1.44. The Labute approximate surface area is 140 Å². The van der Waals surface area contributed by atoms with Crippen LogP contribution in [-0.2, 0) is 29.0 Å². The number of nitrogens with zero attached hydrogens (tertiary/aromatic N) is 3. The van der Waals surface area contributed by atoms with E-state index in [1.165, 1.54) is 10.4 Å². The number of thiophene rings is 1. The number of likely N-dealkylation sites (N-methyl/N-ethyl adjacent to an activating group) is 1. The first-order valence-electron chi connectivity index (χ1n) is 7.74. The van der Waals surface area contributed by atoms with Crippen molar-refractivity contribution in [3.63, 3.8) is 0 Å². The molecule has 0 radical (unpaired) electrons. The normalized spacial score (nSPS) is 17.0. The Morgan fingerprint density at radius 2 is 2.43 bits per heavy atom. The maximum Gasteiger partial charge on any atom is 0.243 e. The van der Waals surface area contributed by atoms with E-state index in [1.807, 2.05) is 6.20 Å². The van der Waals surface area contributed by atoms with Crippen LogP contribution in [-0.4, -0.2) is 47.8 Å². The van der Waals surface area contributed by atoms with Crippen molar-refractivity contribution in [2.75, 3.05) is 27.2 Å². The molecule has 0 saturated carbocycles. The van der Waals surface area contributed by atoms with Gasteiger partial charge >= 0.3 is 0 Å². The van der Waals surface area contributed by atoms with E-state index in [0.717, 1.165) is 25.2 Å². The van der Waals surface area contributed by atoms with Gasteiger partial charge in [-0.25, -0.2) is 0 Å². The van der Waals surface area contributed by atoms with Gasteiger partial charge in [0.1, 0.15) is 12.6 Å². The number of aromatic nitrogens is 2. The van der Waals surface area contributed by atoms with Crippen LogP contribution in [0.25, 0.3) is 0 Å². The predicted molar refractivity (Wildman–Crippen MR) is 89.3 cm³/mol. The summed E-state index contributed by atoms with van der Waals surface area (Å²) in [5.74, 6) is 0.0399. The number of nitrogens with one attached hydrogen (secondary N) is 1. The molecule has 2 aromatic rings. The molecule has 0 spiro atoms. The molecule has 0 unspecified atom stereocenters. The molecule has 6 nitrogen and oxygen atoms in total. The van der Waals surface area contributed by atoms with E-state index in [2.05, 4.69) is 27.9 Å². The van der Waals surface area contributed by atoms with Crippen LogP contribution in [0.2, 0.25) is 0 Å². The lowest BCUT2D eigenvalue weighted by atomic mass is 10.1. The highest BCUT2D eigenvalue weighted by Crippen LogP contribution is 2.25. The summed E-state index contributed by atoms with van der Waals surface area (Å²) in [4.78, 5) is 14.7. The van der Waals surface area contributed by atoms with Crippen molar-refractivity contribution in [1.29, 1.82) is 0 Å². The maximum absolute atomic E-state index is 11.8.